The Kier molecular flexibility index (Phi) is 4.69. The summed E-state index contributed by atoms with van der Waals surface area (Å²) in [5.74, 6) is 0.230. The number of amides is 1. The molecule has 1 aromatic rings. The van der Waals surface area contributed by atoms with Crippen LogP contribution in [0, 0.1) is 0 Å². The van der Waals surface area contributed by atoms with Crippen molar-refractivity contribution in [2.75, 3.05) is 19.3 Å². The third-order valence-electron chi connectivity index (χ3n) is 2.61. The Hall–Kier alpha value is -0.270. The maximum atomic E-state index is 12.1. The van der Waals surface area contributed by atoms with Crippen molar-refractivity contribution in [2.45, 2.75) is 33.7 Å². The number of likely N-dealkylation sites (tertiary alicyclic amines) is 1. The highest BCUT2D eigenvalue weighted by Crippen LogP contribution is 2.31. The van der Waals surface area contributed by atoms with Gasteiger partial charge in [-0.1, -0.05) is 34.9 Å². The maximum Gasteiger partial charge on any atom is 0.235 e. The van der Waals surface area contributed by atoms with Gasteiger partial charge in [0.05, 0.1) is 5.25 Å². The SMILES string of the molecule is CSc1nnc(SC(C)C(=O)N2CCCC2)s1. The zero-order chi connectivity index (χ0) is 12.3. The number of hydrogen-bond acceptors (Lipinski definition) is 6. The predicted octanol–water partition coefficient (Wildman–Crippen LogP) is 2.36. The highest BCUT2D eigenvalue weighted by molar-refractivity contribution is 8.03. The molecule has 4 nitrogen and oxygen atoms in total. The van der Waals surface area contributed by atoms with E-state index in [-0.39, 0.29) is 11.2 Å². The van der Waals surface area contributed by atoms with Crippen molar-refractivity contribution in [2.24, 2.45) is 0 Å². The molecule has 1 unspecified atom stereocenters. The molecule has 0 aromatic carbocycles. The average Bonchev–Trinajstić information content (AvgIpc) is 2.98. The molecule has 1 fully saturated rings. The molecule has 0 N–H and O–H groups in total. The van der Waals surface area contributed by atoms with Crippen molar-refractivity contribution < 1.29 is 4.79 Å². The van der Waals surface area contributed by atoms with Crippen LogP contribution in [0.15, 0.2) is 8.68 Å². The number of hydrogen-bond donors (Lipinski definition) is 0. The van der Waals surface area contributed by atoms with Crippen molar-refractivity contribution in [1.29, 1.82) is 0 Å². The van der Waals surface area contributed by atoms with Gasteiger partial charge < -0.3 is 4.90 Å². The summed E-state index contributed by atoms with van der Waals surface area (Å²) >= 11 is 4.66. The summed E-state index contributed by atoms with van der Waals surface area (Å²) in [6.07, 6.45) is 4.25. The summed E-state index contributed by atoms with van der Waals surface area (Å²) < 4.78 is 1.84. The van der Waals surface area contributed by atoms with Gasteiger partial charge in [0.2, 0.25) is 5.91 Å². The second-order valence-corrected chi connectivity index (χ2v) is 7.45. The van der Waals surface area contributed by atoms with Crippen LogP contribution in [0.3, 0.4) is 0 Å². The Morgan fingerprint density at radius 1 is 1.35 bits per heavy atom. The van der Waals surface area contributed by atoms with Crippen molar-refractivity contribution in [3.05, 3.63) is 0 Å². The van der Waals surface area contributed by atoms with E-state index in [0.29, 0.717) is 0 Å². The molecule has 0 spiro atoms. The summed E-state index contributed by atoms with van der Waals surface area (Å²) in [6.45, 7) is 3.78. The van der Waals surface area contributed by atoms with E-state index in [1.807, 2.05) is 18.1 Å². The van der Waals surface area contributed by atoms with Gasteiger partial charge in [0, 0.05) is 13.1 Å². The minimum atomic E-state index is -0.0595. The maximum absolute atomic E-state index is 12.1. The summed E-state index contributed by atoms with van der Waals surface area (Å²) in [7, 11) is 0. The van der Waals surface area contributed by atoms with Crippen LogP contribution in [0.5, 0.6) is 0 Å². The van der Waals surface area contributed by atoms with E-state index in [2.05, 4.69) is 10.2 Å². The number of aromatic nitrogens is 2. The monoisotopic (exact) mass is 289 g/mol. The Morgan fingerprint density at radius 3 is 2.59 bits per heavy atom. The first-order valence-electron chi connectivity index (χ1n) is 5.53. The zero-order valence-electron chi connectivity index (χ0n) is 9.88. The van der Waals surface area contributed by atoms with Gasteiger partial charge in [-0.2, -0.15) is 0 Å². The van der Waals surface area contributed by atoms with Gasteiger partial charge in [-0.15, -0.1) is 10.2 Å². The lowest BCUT2D eigenvalue weighted by Crippen LogP contribution is -2.33. The van der Waals surface area contributed by atoms with Gasteiger partial charge in [-0.25, -0.2) is 0 Å². The van der Waals surface area contributed by atoms with Gasteiger partial charge in [0.25, 0.3) is 0 Å². The van der Waals surface area contributed by atoms with E-state index >= 15 is 0 Å². The van der Waals surface area contributed by atoms with E-state index in [4.69, 9.17) is 0 Å². The summed E-state index contributed by atoms with van der Waals surface area (Å²) in [4.78, 5) is 14.0. The van der Waals surface area contributed by atoms with Crippen molar-refractivity contribution in [3.63, 3.8) is 0 Å². The second kappa shape index (κ2) is 6.06. The number of rotatable bonds is 4. The molecule has 17 heavy (non-hydrogen) atoms. The van der Waals surface area contributed by atoms with Crippen LogP contribution in [0.1, 0.15) is 19.8 Å². The van der Waals surface area contributed by atoms with Crippen LogP contribution in [0.25, 0.3) is 0 Å². The van der Waals surface area contributed by atoms with Gasteiger partial charge in [0.15, 0.2) is 8.68 Å². The first-order valence-corrected chi connectivity index (χ1v) is 8.45. The molecule has 94 valence electrons. The number of thioether (sulfide) groups is 2. The van der Waals surface area contributed by atoms with Crippen LogP contribution < -0.4 is 0 Å². The third-order valence-corrected chi connectivity index (χ3v) is 5.68. The largest absolute Gasteiger partial charge is 0.342 e. The van der Waals surface area contributed by atoms with Crippen LogP contribution in [0.2, 0.25) is 0 Å². The first kappa shape index (κ1) is 13.2. The van der Waals surface area contributed by atoms with Crippen molar-refractivity contribution in [3.8, 4) is 0 Å². The van der Waals surface area contributed by atoms with Crippen molar-refractivity contribution >= 4 is 40.8 Å². The molecular weight excluding hydrogens is 274 g/mol. The fourth-order valence-electron chi connectivity index (χ4n) is 1.72. The van der Waals surface area contributed by atoms with E-state index in [1.165, 1.54) is 11.8 Å². The topological polar surface area (TPSA) is 46.1 Å². The molecule has 7 heteroatoms. The normalized spacial score (nSPS) is 17.4. The molecular formula is C10H15N3OS3. The van der Waals surface area contributed by atoms with E-state index in [9.17, 15) is 4.79 Å². The van der Waals surface area contributed by atoms with Gasteiger partial charge in [-0.05, 0) is 26.0 Å². The predicted molar refractivity (Wildman–Crippen MR) is 72.8 cm³/mol. The highest BCUT2D eigenvalue weighted by atomic mass is 32.2. The fourth-order valence-corrected chi connectivity index (χ4v) is 4.39. The fraction of sp³-hybridized carbons (Fsp3) is 0.700. The van der Waals surface area contributed by atoms with E-state index in [0.717, 1.165) is 34.6 Å². The standard InChI is InChI=1S/C10H15N3OS3/c1-7(8(14)13-5-3-4-6-13)16-10-12-11-9(15-2)17-10/h7H,3-6H2,1-2H3. The molecule has 1 amide bonds. The van der Waals surface area contributed by atoms with E-state index < -0.39 is 0 Å². The molecule has 0 aliphatic carbocycles. The average molecular weight is 289 g/mol. The van der Waals surface area contributed by atoms with Crippen LogP contribution in [-0.2, 0) is 4.79 Å². The van der Waals surface area contributed by atoms with E-state index in [1.54, 1.807) is 23.1 Å². The minimum Gasteiger partial charge on any atom is -0.342 e. The molecule has 1 aliphatic heterocycles. The summed E-state index contributed by atoms with van der Waals surface area (Å²) in [6, 6.07) is 0. The molecule has 2 rings (SSSR count). The second-order valence-electron chi connectivity index (χ2n) is 3.83. The lowest BCUT2D eigenvalue weighted by atomic mass is 10.4. The summed E-state index contributed by atoms with van der Waals surface area (Å²) in [5, 5.41) is 8.05. The molecule has 1 aromatic heterocycles. The lowest BCUT2D eigenvalue weighted by Gasteiger charge is -2.18. The lowest BCUT2D eigenvalue weighted by molar-refractivity contribution is -0.129. The smallest absolute Gasteiger partial charge is 0.235 e. The molecule has 1 atom stereocenters. The van der Waals surface area contributed by atoms with Crippen LogP contribution in [-0.4, -0.2) is 45.6 Å². The highest BCUT2D eigenvalue weighted by Gasteiger charge is 2.24. The molecule has 2 heterocycles. The number of carbonyl (C=O) groups is 1. The van der Waals surface area contributed by atoms with Crippen molar-refractivity contribution in [1.82, 2.24) is 15.1 Å². The van der Waals surface area contributed by atoms with Gasteiger partial charge in [-0.3, -0.25) is 4.79 Å². The molecule has 0 bridgehead atoms. The third kappa shape index (κ3) is 3.35. The Bertz CT molecular complexity index is 390. The molecule has 1 saturated heterocycles. The summed E-state index contributed by atoms with van der Waals surface area (Å²) in [5.41, 5.74) is 0. The molecule has 0 saturated carbocycles. The Labute approximate surface area is 114 Å². The number of carbonyl (C=O) groups excluding carboxylic acids is 1. The quantitative estimate of drug-likeness (QED) is 0.796. The zero-order valence-corrected chi connectivity index (χ0v) is 12.3. The minimum absolute atomic E-state index is 0.0595. The van der Waals surface area contributed by atoms with Gasteiger partial charge >= 0.3 is 0 Å². The van der Waals surface area contributed by atoms with Crippen LogP contribution >= 0.6 is 34.9 Å². The Morgan fingerprint density at radius 2 is 2.00 bits per heavy atom. The van der Waals surface area contributed by atoms with Crippen LogP contribution in [0.4, 0.5) is 0 Å². The molecule has 0 radical (unpaired) electrons. The molecule has 1 aliphatic rings. The van der Waals surface area contributed by atoms with Gasteiger partial charge in [0.1, 0.15) is 0 Å². The number of nitrogens with zero attached hydrogens (tertiary/aromatic N) is 3. The Balaban J connectivity index is 1.91. The first-order chi connectivity index (χ1) is 8.20.